The molecule has 0 unspecified atom stereocenters. The fourth-order valence-corrected chi connectivity index (χ4v) is 8.39. The van der Waals surface area contributed by atoms with E-state index in [1.807, 2.05) is 0 Å². The Bertz CT molecular complexity index is 1460. The van der Waals surface area contributed by atoms with E-state index in [2.05, 4.69) is 44.1 Å². The summed E-state index contributed by atoms with van der Waals surface area (Å²) < 4.78 is 23.8. The van der Waals surface area contributed by atoms with Crippen LogP contribution in [-0.2, 0) is 52.5 Å². The number of carbonyl (C=O) groups is 7. The summed E-state index contributed by atoms with van der Waals surface area (Å²) >= 11 is 3.78. The average Bonchev–Trinajstić information content (AvgIpc) is 3.35. The summed E-state index contributed by atoms with van der Waals surface area (Å²) in [6, 6.07) is -1.73. The van der Waals surface area contributed by atoms with Crippen molar-refractivity contribution in [1.29, 1.82) is 0 Å². The van der Waals surface area contributed by atoms with Crippen LogP contribution in [0.5, 0.6) is 0 Å². The number of ether oxygens (including phenoxy) is 4. The molecule has 0 radical (unpaired) electrons. The molecule has 5 amide bonds. The minimum Gasteiger partial charge on any atom is -0.481 e. The number of rotatable bonds is 49. The zero-order chi connectivity index (χ0) is 52.9. The lowest BCUT2D eigenvalue weighted by Crippen LogP contribution is -2.47. The van der Waals surface area contributed by atoms with Gasteiger partial charge in [0.05, 0.1) is 45.7 Å². The van der Waals surface area contributed by atoms with Gasteiger partial charge in [-0.05, 0) is 70.1 Å². The number of aliphatic hydroxyl groups excluding tert-OH is 1. The standard InChI is InChI=1S/C50H92N6O15S/c57-43(19-14-12-10-8-6-4-2-1-3-5-7-9-11-13-15-20-47(61)62)54-36-39-21-23-40(24-22-39)48(63)55-41(49(64)65)25-26-44(58)52-28-30-68-32-35-71-38-46(60)53-29-31-69-33-34-70-37-45(59)51-27-17-16-18-42(56-72)50(66)67/h39-42,49,56,64-65,72H,1-38H2,(H,51,59)(H,52,58)(H,53,60)(H,54,57)(H,55,63)(H,61,62)(H,66,67)/t39?,40?,41-,42-/m0/s1. The molecular formula is C50H92N6O15S. The third kappa shape index (κ3) is 39.8. The highest BCUT2D eigenvalue weighted by Crippen LogP contribution is 2.29. The average molecular weight is 1050 g/mol. The molecule has 1 aliphatic carbocycles. The SMILES string of the molecule is O=C(O)CCCCCCCCCCCCCCCCCC(=O)NCC1CCC(C(=O)N[C@@H](CCC(=O)NCCOCCOCC(=O)NCCOCCOCC(=O)NCCCC[C@H](NS)C(=O)O)C(O)O)CC1. The number of aliphatic hydroxyl groups is 2. The number of amides is 5. The van der Waals surface area contributed by atoms with Crippen LogP contribution < -0.4 is 31.3 Å². The van der Waals surface area contributed by atoms with Gasteiger partial charge in [0.1, 0.15) is 19.3 Å². The van der Waals surface area contributed by atoms with Crippen LogP contribution in [0.1, 0.15) is 167 Å². The van der Waals surface area contributed by atoms with Gasteiger partial charge in [0.25, 0.3) is 0 Å². The van der Waals surface area contributed by atoms with Gasteiger partial charge in [0, 0.05) is 51.4 Å². The molecule has 21 nitrogen and oxygen atoms in total. The minimum absolute atomic E-state index is 0.0361. The summed E-state index contributed by atoms with van der Waals surface area (Å²) in [4.78, 5) is 83.1. The van der Waals surface area contributed by atoms with Gasteiger partial charge in [0.15, 0.2) is 6.29 Å². The molecule has 0 aromatic rings. The quantitative estimate of drug-likeness (QED) is 0.0235. The van der Waals surface area contributed by atoms with Gasteiger partial charge in [-0.25, -0.2) is 0 Å². The van der Waals surface area contributed by atoms with Crippen molar-refractivity contribution in [2.24, 2.45) is 11.8 Å². The van der Waals surface area contributed by atoms with Crippen molar-refractivity contribution in [1.82, 2.24) is 31.3 Å². The van der Waals surface area contributed by atoms with Gasteiger partial charge in [-0.15, -0.1) is 0 Å². The number of thiol groups is 1. The predicted octanol–water partition coefficient (Wildman–Crippen LogP) is 3.67. The van der Waals surface area contributed by atoms with E-state index in [-0.39, 0.29) is 121 Å². The summed E-state index contributed by atoms with van der Waals surface area (Å²) in [5, 5.41) is 51.3. The molecule has 0 heterocycles. The molecule has 1 rings (SSSR count). The molecule has 0 aliphatic heterocycles. The second kappa shape index (κ2) is 45.9. The minimum atomic E-state index is -1.83. The summed E-state index contributed by atoms with van der Waals surface area (Å²) in [5.41, 5.74) is 0. The second-order valence-electron chi connectivity index (χ2n) is 18.7. The number of nitrogens with one attached hydrogen (secondary N) is 6. The molecule has 0 aromatic heterocycles. The number of hydrogen-bond donors (Lipinski definition) is 11. The lowest BCUT2D eigenvalue weighted by atomic mass is 9.81. The van der Waals surface area contributed by atoms with E-state index < -0.39 is 30.3 Å². The van der Waals surface area contributed by atoms with Crippen LogP contribution in [0.2, 0.25) is 0 Å². The Balaban J connectivity index is 1.98. The fourth-order valence-electron chi connectivity index (χ4n) is 8.15. The number of hydrogen-bond acceptors (Lipinski definition) is 15. The third-order valence-electron chi connectivity index (χ3n) is 12.5. The molecule has 1 saturated carbocycles. The van der Waals surface area contributed by atoms with Gasteiger partial charge in [-0.2, -0.15) is 0 Å². The zero-order valence-electron chi connectivity index (χ0n) is 43.0. The first-order valence-corrected chi connectivity index (χ1v) is 27.2. The first-order valence-electron chi connectivity index (χ1n) is 26.7. The van der Waals surface area contributed by atoms with Gasteiger partial charge in [0.2, 0.25) is 29.5 Å². The van der Waals surface area contributed by atoms with Crippen molar-refractivity contribution in [3.8, 4) is 0 Å². The molecule has 10 N–H and O–H groups in total. The van der Waals surface area contributed by atoms with Crippen molar-refractivity contribution in [3.05, 3.63) is 0 Å². The Morgan fingerprint density at radius 2 is 0.944 bits per heavy atom. The maximum absolute atomic E-state index is 13.0. The molecule has 1 fully saturated rings. The maximum Gasteiger partial charge on any atom is 0.321 e. The molecular weight excluding hydrogens is 957 g/mol. The number of unbranched alkanes of at least 4 members (excludes halogenated alkanes) is 15. The van der Waals surface area contributed by atoms with E-state index in [1.165, 1.54) is 57.8 Å². The normalized spacial score (nSPS) is 15.4. The number of carbonyl (C=O) groups excluding carboxylic acids is 5. The largest absolute Gasteiger partial charge is 0.481 e. The van der Waals surface area contributed by atoms with E-state index in [9.17, 15) is 43.8 Å². The van der Waals surface area contributed by atoms with E-state index in [0.717, 1.165) is 51.4 Å². The van der Waals surface area contributed by atoms with Crippen LogP contribution in [0.3, 0.4) is 0 Å². The van der Waals surface area contributed by atoms with Gasteiger partial charge in [-0.1, -0.05) is 96.3 Å². The number of carboxylic acid groups (broad SMARTS) is 2. The Labute approximate surface area is 433 Å². The van der Waals surface area contributed by atoms with Crippen LogP contribution in [0, 0.1) is 11.8 Å². The van der Waals surface area contributed by atoms with Gasteiger partial charge >= 0.3 is 11.9 Å². The Kier molecular flexibility index (Phi) is 42.3. The van der Waals surface area contributed by atoms with Crippen molar-refractivity contribution in [2.45, 2.75) is 185 Å². The molecule has 2 atom stereocenters. The fraction of sp³-hybridized carbons (Fsp3) is 0.860. The molecule has 418 valence electrons. The van der Waals surface area contributed by atoms with Crippen molar-refractivity contribution in [3.63, 3.8) is 0 Å². The van der Waals surface area contributed by atoms with E-state index in [0.29, 0.717) is 57.5 Å². The highest BCUT2D eigenvalue weighted by Gasteiger charge is 2.29. The molecule has 22 heteroatoms. The third-order valence-corrected chi connectivity index (χ3v) is 12.8. The first-order chi connectivity index (χ1) is 34.8. The van der Waals surface area contributed by atoms with Crippen molar-refractivity contribution in [2.75, 3.05) is 79.0 Å². The summed E-state index contributed by atoms with van der Waals surface area (Å²) in [6.45, 7) is 2.37. The topological polar surface area (TPSA) is 310 Å². The molecule has 1 aliphatic rings. The highest BCUT2D eigenvalue weighted by molar-refractivity contribution is 7.78. The Morgan fingerprint density at radius 3 is 1.43 bits per heavy atom. The molecule has 0 saturated heterocycles. The summed E-state index contributed by atoms with van der Waals surface area (Å²) in [5.74, 6) is -2.81. The van der Waals surface area contributed by atoms with E-state index in [4.69, 9.17) is 29.2 Å². The van der Waals surface area contributed by atoms with Crippen molar-refractivity contribution >= 4 is 54.3 Å². The smallest absolute Gasteiger partial charge is 0.321 e. The van der Waals surface area contributed by atoms with Crippen LogP contribution in [0.4, 0.5) is 0 Å². The van der Waals surface area contributed by atoms with Crippen LogP contribution in [-0.4, -0.2) is 159 Å². The van der Waals surface area contributed by atoms with Crippen LogP contribution in [0.25, 0.3) is 0 Å². The highest BCUT2D eigenvalue weighted by atomic mass is 32.1. The molecule has 0 spiro atoms. The van der Waals surface area contributed by atoms with Crippen LogP contribution in [0.15, 0.2) is 0 Å². The maximum atomic E-state index is 13.0. The predicted molar refractivity (Wildman–Crippen MR) is 274 cm³/mol. The molecule has 0 aromatic carbocycles. The van der Waals surface area contributed by atoms with E-state index in [1.54, 1.807) is 0 Å². The summed E-state index contributed by atoms with van der Waals surface area (Å²) in [7, 11) is 0. The van der Waals surface area contributed by atoms with Gasteiger partial charge < -0.3 is 66.0 Å². The zero-order valence-corrected chi connectivity index (χ0v) is 43.9. The Hall–Kier alpha value is -3.64. The second-order valence-corrected chi connectivity index (χ2v) is 18.9. The monoisotopic (exact) mass is 1050 g/mol. The first kappa shape index (κ1) is 66.4. The Morgan fingerprint density at radius 1 is 0.486 bits per heavy atom. The van der Waals surface area contributed by atoms with Crippen molar-refractivity contribution < 1.29 is 72.9 Å². The summed E-state index contributed by atoms with van der Waals surface area (Å²) in [6.07, 6.45) is 20.8. The number of aliphatic carboxylic acids is 2. The van der Waals surface area contributed by atoms with E-state index >= 15 is 0 Å². The van der Waals surface area contributed by atoms with Crippen LogP contribution >= 0.6 is 12.8 Å². The van der Waals surface area contributed by atoms with Gasteiger partial charge in [-0.3, -0.25) is 38.3 Å². The molecule has 72 heavy (non-hydrogen) atoms. The molecule has 0 bridgehead atoms. The lowest BCUT2D eigenvalue weighted by molar-refractivity contribution is -0.139. The lowest BCUT2D eigenvalue weighted by Gasteiger charge is -2.29. The number of carboxylic acids is 2.